The molecule has 0 bridgehead atoms. The molecular formula is C8H9N5O2S. The van der Waals surface area contributed by atoms with Gasteiger partial charge >= 0.3 is 0 Å². The van der Waals surface area contributed by atoms with Gasteiger partial charge in [0.05, 0.1) is 6.33 Å². The lowest BCUT2D eigenvalue weighted by molar-refractivity contribution is 0.0348. The van der Waals surface area contributed by atoms with Crippen LogP contribution in [0.1, 0.15) is 5.37 Å². The molecule has 2 aromatic heterocycles. The third-order valence-electron chi connectivity index (χ3n) is 2.52. The second-order valence-corrected chi connectivity index (χ2v) is 4.73. The first-order valence-electron chi connectivity index (χ1n) is 4.63. The van der Waals surface area contributed by atoms with Crippen LogP contribution in [0, 0.1) is 0 Å². The van der Waals surface area contributed by atoms with Gasteiger partial charge in [0.1, 0.15) is 28.8 Å². The molecule has 3 rings (SSSR count). The molecule has 0 aliphatic carbocycles. The number of aliphatic hydroxyl groups excluding tert-OH is 2. The smallest absolute Gasteiger partial charge is 0.166 e. The fourth-order valence-electron chi connectivity index (χ4n) is 1.64. The van der Waals surface area contributed by atoms with E-state index in [1.54, 1.807) is 10.9 Å². The van der Waals surface area contributed by atoms with Gasteiger partial charge in [0.15, 0.2) is 11.5 Å². The highest BCUT2D eigenvalue weighted by Gasteiger charge is 2.41. The van der Waals surface area contributed by atoms with Crippen LogP contribution in [0.2, 0.25) is 0 Å². The zero-order valence-electron chi connectivity index (χ0n) is 8.06. The molecule has 0 radical (unpaired) electrons. The molecule has 0 spiro atoms. The number of hydrogen-bond donors (Lipinski definition) is 3. The van der Waals surface area contributed by atoms with Crippen LogP contribution in [-0.4, -0.2) is 41.3 Å². The fourth-order valence-corrected chi connectivity index (χ4v) is 2.56. The van der Waals surface area contributed by atoms with E-state index in [0.29, 0.717) is 17.0 Å². The fraction of sp³-hybridized carbons (Fsp3) is 0.375. The van der Waals surface area contributed by atoms with E-state index in [9.17, 15) is 10.2 Å². The molecule has 1 fully saturated rings. The Bertz CT molecular complexity index is 544. The van der Waals surface area contributed by atoms with E-state index in [1.165, 1.54) is 18.1 Å². The summed E-state index contributed by atoms with van der Waals surface area (Å²) in [5.41, 5.74) is 5.97. The van der Waals surface area contributed by atoms with Crippen LogP contribution in [0.3, 0.4) is 0 Å². The Balaban J connectivity index is 2.09. The topological polar surface area (TPSA) is 110 Å². The molecule has 84 valence electrons. The Hall–Kier alpha value is -1.38. The maximum absolute atomic E-state index is 9.58. The standard InChI is InChI=1S/C8H9N5O2S/c9-5-3-6(11-1-10-5)13(2-12-3)7-4(14)8(15)16-7/h1-2,4,7-8,14-15H,(H2,9,10,11)/t4-,7-,8-/m1/s1. The van der Waals surface area contributed by atoms with Crippen LogP contribution >= 0.6 is 11.8 Å². The van der Waals surface area contributed by atoms with Crippen molar-refractivity contribution in [2.75, 3.05) is 5.73 Å². The van der Waals surface area contributed by atoms with Crippen molar-refractivity contribution in [3.8, 4) is 0 Å². The van der Waals surface area contributed by atoms with Crippen molar-refractivity contribution in [3.63, 3.8) is 0 Å². The third kappa shape index (κ3) is 1.20. The molecule has 3 atom stereocenters. The summed E-state index contributed by atoms with van der Waals surface area (Å²) in [6, 6.07) is 0. The summed E-state index contributed by atoms with van der Waals surface area (Å²) in [6.07, 6.45) is 2.09. The lowest BCUT2D eigenvalue weighted by Gasteiger charge is -2.37. The quantitative estimate of drug-likeness (QED) is 0.605. The number of nitrogens with zero attached hydrogens (tertiary/aromatic N) is 4. The van der Waals surface area contributed by atoms with Crippen molar-refractivity contribution in [1.29, 1.82) is 0 Å². The molecule has 1 saturated heterocycles. The van der Waals surface area contributed by atoms with Gasteiger partial charge in [-0.1, -0.05) is 11.8 Å². The van der Waals surface area contributed by atoms with Crippen molar-refractivity contribution < 1.29 is 10.2 Å². The Morgan fingerprint density at radius 2 is 2.12 bits per heavy atom. The van der Waals surface area contributed by atoms with E-state index >= 15 is 0 Å². The predicted octanol–water partition coefficient (Wildman–Crippen LogP) is -0.667. The summed E-state index contributed by atoms with van der Waals surface area (Å²) in [5.74, 6) is 0.308. The zero-order chi connectivity index (χ0) is 11.3. The van der Waals surface area contributed by atoms with Crippen molar-refractivity contribution in [2.24, 2.45) is 0 Å². The molecule has 1 aliphatic heterocycles. The molecule has 8 heteroatoms. The second-order valence-electron chi connectivity index (χ2n) is 3.49. The molecule has 3 heterocycles. The average molecular weight is 239 g/mol. The number of fused-ring (bicyclic) bond motifs is 1. The Morgan fingerprint density at radius 1 is 1.31 bits per heavy atom. The highest BCUT2D eigenvalue weighted by molar-refractivity contribution is 8.01. The largest absolute Gasteiger partial charge is 0.386 e. The Kier molecular flexibility index (Phi) is 2.03. The van der Waals surface area contributed by atoms with Crippen LogP contribution < -0.4 is 5.73 Å². The van der Waals surface area contributed by atoms with Gasteiger partial charge in [0.25, 0.3) is 0 Å². The van der Waals surface area contributed by atoms with E-state index in [4.69, 9.17) is 5.73 Å². The van der Waals surface area contributed by atoms with Gasteiger partial charge in [0, 0.05) is 0 Å². The molecule has 4 N–H and O–H groups in total. The van der Waals surface area contributed by atoms with Gasteiger partial charge < -0.3 is 15.9 Å². The van der Waals surface area contributed by atoms with Crippen molar-refractivity contribution in [3.05, 3.63) is 12.7 Å². The number of thioether (sulfide) groups is 1. The number of rotatable bonds is 1. The van der Waals surface area contributed by atoms with Gasteiger partial charge in [-0.15, -0.1) is 0 Å². The zero-order valence-corrected chi connectivity index (χ0v) is 8.87. The molecular weight excluding hydrogens is 230 g/mol. The number of nitrogen functional groups attached to an aromatic ring is 1. The van der Waals surface area contributed by atoms with Crippen molar-refractivity contribution in [1.82, 2.24) is 19.5 Å². The van der Waals surface area contributed by atoms with Gasteiger partial charge in [0.2, 0.25) is 0 Å². The van der Waals surface area contributed by atoms with Crippen molar-refractivity contribution in [2.45, 2.75) is 16.9 Å². The third-order valence-corrected chi connectivity index (χ3v) is 3.87. The average Bonchev–Trinajstić information content (AvgIpc) is 2.70. The van der Waals surface area contributed by atoms with Gasteiger partial charge in [-0.3, -0.25) is 4.57 Å². The van der Waals surface area contributed by atoms with Crippen LogP contribution in [-0.2, 0) is 0 Å². The SMILES string of the molecule is Nc1ncnc2c1ncn2[C@@H]1S[C@@H](O)[C@@H]1O. The van der Waals surface area contributed by atoms with E-state index in [1.807, 2.05) is 0 Å². The number of hydrogen-bond acceptors (Lipinski definition) is 7. The lowest BCUT2D eigenvalue weighted by Crippen LogP contribution is -2.41. The van der Waals surface area contributed by atoms with Gasteiger partial charge in [-0.25, -0.2) is 15.0 Å². The molecule has 0 saturated carbocycles. The van der Waals surface area contributed by atoms with Crippen LogP contribution in [0.15, 0.2) is 12.7 Å². The second kappa shape index (κ2) is 3.30. The summed E-state index contributed by atoms with van der Waals surface area (Å²) in [7, 11) is 0. The number of nitrogens with two attached hydrogens (primary N) is 1. The highest BCUT2D eigenvalue weighted by atomic mass is 32.2. The summed E-state index contributed by atoms with van der Waals surface area (Å²) in [6.45, 7) is 0. The van der Waals surface area contributed by atoms with E-state index in [2.05, 4.69) is 15.0 Å². The van der Waals surface area contributed by atoms with E-state index < -0.39 is 11.5 Å². The minimum absolute atomic E-state index is 0.269. The van der Waals surface area contributed by atoms with Gasteiger partial charge in [-0.05, 0) is 0 Å². The maximum Gasteiger partial charge on any atom is 0.166 e. The van der Waals surface area contributed by atoms with Crippen LogP contribution in [0.4, 0.5) is 5.82 Å². The van der Waals surface area contributed by atoms with Crippen molar-refractivity contribution >= 4 is 28.7 Å². The monoisotopic (exact) mass is 239 g/mol. The highest BCUT2D eigenvalue weighted by Crippen LogP contribution is 2.44. The number of anilines is 1. The van der Waals surface area contributed by atoms with Gasteiger partial charge in [-0.2, -0.15) is 0 Å². The first-order chi connectivity index (χ1) is 7.68. The maximum atomic E-state index is 9.58. The van der Waals surface area contributed by atoms with Crippen LogP contribution in [0.25, 0.3) is 11.2 Å². The minimum Gasteiger partial charge on any atom is -0.386 e. The molecule has 16 heavy (non-hydrogen) atoms. The Labute approximate surface area is 94.3 Å². The lowest BCUT2D eigenvalue weighted by atomic mass is 10.3. The summed E-state index contributed by atoms with van der Waals surface area (Å²) in [5, 5.41) is 18.5. The summed E-state index contributed by atoms with van der Waals surface area (Å²) >= 11 is 1.24. The Morgan fingerprint density at radius 3 is 2.81 bits per heavy atom. The number of imidazole rings is 1. The first-order valence-corrected chi connectivity index (χ1v) is 5.57. The molecule has 0 amide bonds. The molecule has 1 aliphatic rings. The molecule has 7 nitrogen and oxygen atoms in total. The minimum atomic E-state index is -0.807. The first kappa shape index (κ1) is 9.82. The molecule has 2 aromatic rings. The molecule has 0 unspecified atom stereocenters. The molecule has 0 aromatic carbocycles. The normalized spacial score (nSPS) is 29.2. The van der Waals surface area contributed by atoms with E-state index in [-0.39, 0.29) is 5.37 Å². The van der Waals surface area contributed by atoms with E-state index in [0.717, 1.165) is 0 Å². The summed E-state index contributed by atoms with van der Waals surface area (Å²) < 4.78 is 1.69. The number of aromatic nitrogens is 4. The number of aliphatic hydroxyl groups is 2. The predicted molar refractivity (Wildman–Crippen MR) is 58.4 cm³/mol. The van der Waals surface area contributed by atoms with Crippen LogP contribution in [0.5, 0.6) is 0 Å². The summed E-state index contributed by atoms with van der Waals surface area (Å²) in [4.78, 5) is 12.0.